The van der Waals surface area contributed by atoms with Gasteiger partial charge in [-0.05, 0) is 30.4 Å². The number of guanidine groups is 1. The van der Waals surface area contributed by atoms with E-state index < -0.39 is 11.7 Å². The van der Waals surface area contributed by atoms with E-state index in [1.807, 2.05) is 6.92 Å². The smallest absolute Gasteiger partial charge is 0.382 e. The number of likely N-dealkylation sites (tertiary alicyclic amines) is 1. The maximum atomic E-state index is 12.9. The van der Waals surface area contributed by atoms with Crippen molar-refractivity contribution in [3.63, 3.8) is 0 Å². The third-order valence-corrected chi connectivity index (χ3v) is 5.23. The lowest BCUT2D eigenvalue weighted by atomic mass is 9.96. The van der Waals surface area contributed by atoms with Gasteiger partial charge in [-0.3, -0.25) is 4.99 Å². The third kappa shape index (κ3) is 8.58. The molecular formula is C21H33F3IN3O2. The van der Waals surface area contributed by atoms with Gasteiger partial charge < -0.3 is 19.7 Å². The van der Waals surface area contributed by atoms with Crippen molar-refractivity contribution < 1.29 is 22.6 Å². The maximum Gasteiger partial charge on any atom is 0.416 e. The van der Waals surface area contributed by atoms with E-state index in [4.69, 9.17) is 9.47 Å². The average Bonchev–Trinajstić information content (AvgIpc) is 3.16. The van der Waals surface area contributed by atoms with Crippen LogP contribution in [0.15, 0.2) is 29.3 Å². The van der Waals surface area contributed by atoms with Crippen LogP contribution in [0.3, 0.4) is 0 Å². The average molecular weight is 543 g/mol. The van der Waals surface area contributed by atoms with Crippen LogP contribution >= 0.6 is 24.0 Å². The SMILES string of the molecule is CN=C(NCCC(C)c1cccc(C(F)(F)F)c1)N1CCC(COCCOC)C1.I. The number of hydrogen-bond donors (Lipinski definition) is 1. The first-order valence-electron chi connectivity index (χ1n) is 10.0. The highest BCUT2D eigenvalue weighted by Gasteiger charge is 2.30. The van der Waals surface area contributed by atoms with Crippen LogP contribution in [0.2, 0.25) is 0 Å². The Hall–Kier alpha value is -1.07. The molecule has 0 bridgehead atoms. The monoisotopic (exact) mass is 543 g/mol. The van der Waals surface area contributed by atoms with E-state index in [9.17, 15) is 13.2 Å². The highest BCUT2D eigenvalue weighted by molar-refractivity contribution is 14.0. The largest absolute Gasteiger partial charge is 0.416 e. The van der Waals surface area contributed by atoms with Crippen molar-refractivity contribution in [2.45, 2.75) is 31.9 Å². The Morgan fingerprint density at radius 1 is 1.33 bits per heavy atom. The molecule has 1 fully saturated rings. The van der Waals surface area contributed by atoms with Gasteiger partial charge in [0.25, 0.3) is 0 Å². The van der Waals surface area contributed by atoms with Crippen molar-refractivity contribution in [2.24, 2.45) is 10.9 Å². The number of nitrogens with one attached hydrogen (secondary N) is 1. The second-order valence-corrected chi connectivity index (χ2v) is 7.46. The zero-order valence-electron chi connectivity index (χ0n) is 17.9. The first kappa shape index (κ1) is 27.0. The van der Waals surface area contributed by atoms with Gasteiger partial charge in [0.2, 0.25) is 0 Å². The molecule has 0 amide bonds. The quantitative estimate of drug-likeness (QED) is 0.218. The molecular weight excluding hydrogens is 510 g/mol. The molecule has 1 heterocycles. The third-order valence-electron chi connectivity index (χ3n) is 5.23. The fraction of sp³-hybridized carbons (Fsp3) is 0.667. The van der Waals surface area contributed by atoms with Crippen molar-refractivity contribution in [2.75, 3.05) is 53.6 Å². The fourth-order valence-electron chi connectivity index (χ4n) is 3.47. The topological polar surface area (TPSA) is 46.1 Å². The van der Waals surface area contributed by atoms with Crippen LogP contribution in [-0.2, 0) is 15.7 Å². The maximum absolute atomic E-state index is 12.9. The molecule has 30 heavy (non-hydrogen) atoms. The molecule has 1 aromatic rings. The fourth-order valence-corrected chi connectivity index (χ4v) is 3.47. The molecule has 1 aliphatic rings. The summed E-state index contributed by atoms with van der Waals surface area (Å²) in [5.74, 6) is 1.32. The Kier molecular flexibility index (Phi) is 12.0. The molecule has 1 aromatic carbocycles. The predicted molar refractivity (Wildman–Crippen MR) is 124 cm³/mol. The van der Waals surface area contributed by atoms with E-state index in [-0.39, 0.29) is 29.9 Å². The molecule has 9 heteroatoms. The number of nitrogens with zero attached hydrogens (tertiary/aromatic N) is 2. The Morgan fingerprint density at radius 3 is 2.77 bits per heavy atom. The van der Waals surface area contributed by atoms with Gasteiger partial charge in [0.15, 0.2) is 5.96 Å². The highest BCUT2D eigenvalue weighted by atomic mass is 127. The molecule has 172 valence electrons. The molecule has 2 rings (SSSR count). The van der Waals surface area contributed by atoms with Crippen molar-refractivity contribution in [1.82, 2.24) is 10.2 Å². The van der Waals surface area contributed by atoms with E-state index >= 15 is 0 Å². The van der Waals surface area contributed by atoms with Crippen LogP contribution in [0.1, 0.15) is 36.8 Å². The molecule has 2 unspecified atom stereocenters. The summed E-state index contributed by atoms with van der Waals surface area (Å²) in [6, 6.07) is 5.58. The summed E-state index contributed by atoms with van der Waals surface area (Å²) in [7, 11) is 3.41. The van der Waals surface area contributed by atoms with Crippen LogP contribution in [0.4, 0.5) is 13.2 Å². The Labute approximate surface area is 194 Å². The van der Waals surface area contributed by atoms with Gasteiger partial charge in [-0.25, -0.2) is 0 Å². The van der Waals surface area contributed by atoms with Gasteiger partial charge in [-0.2, -0.15) is 13.2 Å². The second-order valence-electron chi connectivity index (χ2n) is 7.46. The van der Waals surface area contributed by atoms with E-state index in [0.29, 0.717) is 37.8 Å². The van der Waals surface area contributed by atoms with Gasteiger partial charge in [0, 0.05) is 39.7 Å². The van der Waals surface area contributed by atoms with Crippen LogP contribution < -0.4 is 5.32 Å². The highest BCUT2D eigenvalue weighted by Crippen LogP contribution is 2.31. The first-order valence-corrected chi connectivity index (χ1v) is 10.0. The number of ether oxygens (including phenoxy) is 2. The van der Waals surface area contributed by atoms with Crippen molar-refractivity contribution >= 4 is 29.9 Å². The first-order chi connectivity index (χ1) is 13.8. The van der Waals surface area contributed by atoms with Gasteiger partial charge in [-0.1, -0.05) is 25.1 Å². The van der Waals surface area contributed by atoms with Gasteiger partial charge in [0.1, 0.15) is 0 Å². The summed E-state index contributed by atoms with van der Waals surface area (Å²) >= 11 is 0. The Balaban J connectivity index is 0.00000450. The van der Waals surface area contributed by atoms with Crippen molar-refractivity contribution in [3.8, 4) is 0 Å². The lowest BCUT2D eigenvalue weighted by Gasteiger charge is -2.22. The van der Waals surface area contributed by atoms with E-state index in [2.05, 4.69) is 15.2 Å². The number of benzene rings is 1. The molecule has 0 spiro atoms. The van der Waals surface area contributed by atoms with E-state index in [1.165, 1.54) is 12.1 Å². The normalized spacial score (nSPS) is 18.3. The Bertz CT molecular complexity index is 659. The molecule has 2 atom stereocenters. The van der Waals surface area contributed by atoms with Crippen molar-refractivity contribution in [1.29, 1.82) is 0 Å². The van der Waals surface area contributed by atoms with Gasteiger partial charge in [-0.15, -0.1) is 24.0 Å². The van der Waals surface area contributed by atoms with Crippen LogP contribution in [-0.4, -0.2) is 64.5 Å². The minimum atomic E-state index is -4.31. The predicted octanol–water partition coefficient (Wildman–Crippen LogP) is 4.38. The summed E-state index contributed by atoms with van der Waals surface area (Å²) < 4.78 is 49.3. The summed E-state index contributed by atoms with van der Waals surface area (Å²) in [5.41, 5.74) is 0.104. The zero-order valence-corrected chi connectivity index (χ0v) is 20.2. The summed E-state index contributed by atoms with van der Waals surface area (Å²) in [5, 5.41) is 3.35. The minimum absolute atomic E-state index is 0. The van der Waals surface area contributed by atoms with Crippen LogP contribution in [0, 0.1) is 5.92 Å². The summed E-state index contributed by atoms with van der Waals surface area (Å²) in [6.45, 7) is 6.32. The lowest BCUT2D eigenvalue weighted by molar-refractivity contribution is -0.137. The number of rotatable bonds is 9. The lowest BCUT2D eigenvalue weighted by Crippen LogP contribution is -2.40. The molecule has 1 aliphatic heterocycles. The Morgan fingerprint density at radius 2 is 2.10 bits per heavy atom. The number of halogens is 4. The van der Waals surface area contributed by atoms with Gasteiger partial charge in [0.05, 0.1) is 25.4 Å². The van der Waals surface area contributed by atoms with Crippen LogP contribution in [0.25, 0.3) is 0 Å². The molecule has 0 aromatic heterocycles. The molecule has 0 radical (unpaired) electrons. The number of hydrogen-bond acceptors (Lipinski definition) is 3. The number of methoxy groups -OCH3 is 1. The zero-order chi connectivity index (χ0) is 21.3. The molecule has 1 N–H and O–H groups in total. The molecule has 5 nitrogen and oxygen atoms in total. The van der Waals surface area contributed by atoms with Crippen molar-refractivity contribution in [3.05, 3.63) is 35.4 Å². The number of alkyl halides is 3. The molecule has 0 aliphatic carbocycles. The van der Waals surface area contributed by atoms with Gasteiger partial charge >= 0.3 is 6.18 Å². The van der Waals surface area contributed by atoms with E-state index in [0.717, 1.165) is 38.0 Å². The minimum Gasteiger partial charge on any atom is -0.382 e. The number of aliphatic imine (C=N–C) groups is 1. The molecule has 1 saturated heterocycles. The summed E-state index contributed by atoms with van der Waals surface area (Å²) in [6.07, 6.45) is -2.54. The van der Waals surface area contributed by atoms with E-state index in [1.54, 1.807) is 20.2 Å². The molecule has 0 saturated carbocycles. The second kappa shape index (κ2) is 13.4. The summed E-state index contributed by atoms with van der Waals surface area (Å²) in [4.78, 5) is 6.56. The standard InChI is InChI=1S/C21H32F3N3O2.HI/c1-16(18-5-4-6-19(13-18)21(22,23)24)7-9-26-20(25-2)27-10-8-17(14-27)15-29-12-11-28-3;/h4-6,13,16-17H,7-12,14-15H2,1-3H3,(H,25,26);1H. The van der Waals surface area contributed by atoms with Crippen LogP contribution in [0.5, 0.6) is 0 Å².